The van der Waals surface area contributed by atoms with Crippen molar-refractivity contribution in [2.45, 2.75) is 24.6 Å². The van der Waals surface area contributed by atoms with Gasteiger partial charge in [-0.05, 0) is 43.3 Å². The number of rotatable bonds is 5. The molecular formula is C18H30N6S. The molecule has 1 unspecified atom stereocenters. The second-order valence-corrected chi connectivity index (χ2v) is 8.16. The summed E-state index contributed by atoms with van der Waals surface area (Å²) in [6.07, 6.45) is 4.57. The molecule has 0 bridgehead atoms. The van der Waals surface area contributed by atoms with Crippen molar-refractivity contribution >= 4 is 23.5 Å². The number of guanidine groups is 1. The first-order chi connectivity index (χ1) is 12.2. The third-order valence-corrected chi connectivity index (χ3v) is 6.24. The highest BCUT2D eigenvalue weighted by atomic mass is 32.2. The zero-order chi connectivity index (χ0) is 17.5. The van der Waals surface area contributed by atoms with E-state index in [1.165, 1.54) is 24.2 Å². The molecule has 0 aliphatic carbocycles. The minimum atomic E-state index is 0.725. The molecule has 2 saturated heterocycles. The fourth-order valence-corrected chi connectivity index (χ4v) is 4.40. The summed E-state index contributed by atoms with van der Waals surface area (Å²) in [6, 6.07) is 4.27. The smallest absolute Gasteiger partial charge is 0.191 e. The molecule has 0 aromatic carbocycles. The van der Waals surface area contributed by atoms with Gasteiger partial charge in [0.1, 0.15) is 5.82 Å². The van der Waals surface area contributed by atoms with E-state index >= 15 is 0 Å². The lowest BCUT2D eigenvalue weighted by Crippen LogP contribution is -2.44. The third kappa shape index (κ3) is 5.51. The maximum Gasteiger partial charge on any atom is 0.191 e. The molecule has 2 N–H and O–H groups in total. The number of hydrogen-bond acceptors (Lipinski definition) is 5. The maximum atomic E-state index is 4.56. The van der Waals surface area contributed by atoms with Crippen molar-refractivity contribution in [3.63, 3.8) is 0 Å². The first kappa shape index (κ1) is 18.3. The number of pyridine rings is 1. The lowest BCUT2D eigenvalue weighted by molar-refractivity contribution is 0.312. The van der Waals surface area contributed by atoms with Gasteiger partial charge < -0.3 is 20.4 Å². The molecule has 0 spiro atoms. The summed E-state index contributed by atoms with van der Waals surface area (Å²) >= 11 is 2.06. The van der Waals surface area contributed by atoms with Crippen LogP contribution in [0, 0.1) is 0 Å². The van der Waals surface area contributed by atoms with Crippen LogP contribution in [-0.4, -0.2) is 73.7 Å². The van der Waals surface area contributed by atoms with Gasteiger partial charge in [0.2, 0.25) is 0 Å². The summed E-state index contributed by atoms with van der Waals surface area (Å²) in [5.74, 6) is 3.26. The second kappa shape index (κ2) is 9.29. The highest BCUT2D eigenvalue weighted by Gasteiger charge is 2.16. The first-order valence-corrected chi connectivity index (χ1v) is 10.2. The van der Waals surface area contributed by atoms with E-state index in [0.29, 0.717) is 0 Å². The molecule has 0 amide bonds. The lowest BCUT2D eigenvalue weighted by atomic mass is 10.2. The van der Waals surface area contributed by atoms with Gasteiger partial charge in [0.25, 0.3) is 0 Å². The van der Waals surface area contributed by atoms with Crippen molar-refractivity contribution in [2.75, 3.05) is 57.5 Å². The van der Waals surface area contributed by atoms with Gasteiger partial charge in [0.15, 0.2) is 5.96 Å². The number of hydrogen-bond donors (Lipinski definition) is 2. The van der Waals surface area contributed by atoms with Crippen LogP contribution in [0.3, 0.4) is 0 Å². The summed E-state index contributed by atoms with van der Waals surface area (Å²) < 4.78 is 0. The Morgan fingerprint density at radius 3 is 2.88 bits per heavy atom. The molecule has 3 rings (SSSR count). The van der Waals surface area contributed by atoms with E-state index in [0.717, 1.165) is 56.3 Å². The molecule has 2 aliphatic heterocycles. The van der Waals surface area contributed by atoms with Crippen LogP contribution in [0.4, 0.5) is 5.82 Å². The minimum Gasteiger partial charge on any atom is -0.355 e. The van der Waals surface area contributed by atoms with Crippen molar-refractivity contribution in [3.05, 3.63) is 23.9 Å². The first-order valence-electron chi connectivity index (χ1n) is 9.19. The van der Waals surface area contributed by atoms with E-state index < -0.39 is 0 Å². The Kier molecular flexibility index (Phi) is 6.81. The Balaban J connectivity index is 1.49. The minimum absolute atomic E-state index is 0.725. The monoisotopic (exact) mass is 362 g/mol. The molecule has 7 heteroatoms. The van der Waals surface area contributed by atoms with E-state index in [9.17, 15) is 0 Å². The number of aliphatic imine (C=N–C) groups is 1. The molecule has 0 saturated carbocycles. The fourth-order valence-electron chi connectivity index (χ4n) is 3.20. The Labute approximate surface area is 155 Å². The van der Waals surface area contributed by atoms with Crippen molar-refractivity contribution in [2.24, 2.45) is 4.99 Å². The van der Waals surface area contributed by atoms with Gasteiger partial charge in [-0.1, -0.05) is 0 Å². The molecule has 0 radical (unpaired) electrons. The van der Waals surface area contributed by atoms with Gasteiger partial charge in [-0.25, -0.2) is 4.98 Å². The van der Waals surface area contributed by atoms with Gasteiger partial charge in [0.05, 0.1) is 0 Å². The summed E-state index contributed by atoms with van der Waals surface area (Å²) in [5.41, 5.74) is 1.24. The molecule has 2 aliphatic rings. The van der Waals surface area contributed by atoms with E-state index in [1.54, 1.807) is 0 Å². The molecule has 25 heavy (non-hydrogen) atoms. The van der Waals surface area contributed by atoms with Crippen LogP contribution >= 0.6 is 11.8 Å². The van der Waals surface area contributed by atoms with Gasteiger partial charge >= 0.3 is 0 Å². The zero-order valence-corrected chi connectivity index (χ0v) is 16.2. The average Bonchev–Trinajstić information content (AvgIpc) is 3.16. The molecule has 3 heterocycles. The number of nitrogens with zero attached hydrogens (tertiary/aromatic N) is 4. The molecule has 1 atom stereocenters. The highest BCUT2D eigenvalue weighted by molar-refractivity contribution is 8.00. The predicted octanol–water partition coefficient (Wildman–Crippen LogP) is 1.39. The number of likely N-dealkylation sites (N-methyl/N-ethyl adjacent to an activating group) is 1. The summed E-state index contributed by atoms with van der Waals surface area (Å²) in [5, 5.41) is 7.60. The molecule has 2 fully saturated rings. The number of aromatic nitrogens is 1. The SMILES string of the molecule is CN=C(NCc1ccnc(N2CCN(C)CC2)c1)NCC1CCCS1. The van der Waals surface area contributed by atoms with Crippen LogP contribution < -0.4 is 15.5 Å². The Morgan fingerprint density at radius 1 is 1.32 bits per heavy atom. The van der Waals surface area contributed by atoms with Crippen LogP contribution in [0.15, 0.2) is 23.3 Å². The summed E-state index contributed by atoms with van der Waals surface area (Å²) in [7, 11) is 4.01. The second-order valence-electron chi connectivity index (χ2n) is 6.75. The predicted molar refractivity (Wildman–Crippen MR) is 108 cm³/mol. The molecule has 6 nitrogen and oxygen atoms in total. The topological polar surface area (TPSA) is 55.8 Å². The Morgan fingerprint density at radius 2 is 2.16 bits per heavy atom. The van der Waals surface area contributed by atoms with E-state index in [2.05, 4.69) is 61.4 Å². The Hall–Kier alpha value is -1.47. The molecule has 1 aromatic heterocycles. The average molecular weight is 363 g/mol. The number of piperazine rings is 1. The van der Waals surface area contributed by atoms with E-state index in [4.69, 9.17) is 0 Å². The summed E-state index contributed by atoms with van der Waals surface area (Å²) in [4.78, 5) is 13.6. The quantitative estimate of drug-likeness (QED) is 0.610. The molecular weight excluding hydrogens is 332 g/mol. The van der Waals surface area contributed by atoms with Crippen molar-refractivity contribution in [1.29, 1.82) is 0 Å². The van der Waals surface area contributed by atoms with E-state index in [1.807, 2.05) is 13.2 Å². The van der Waals surface area contributed by atoms with Crippen LogP contribution in [0.5, 0.6) is 0 Å². The van der Waals surface area contributed by atoms with Crippen LogP contribution in [-0.2, 0) is 6.54 Å². The van der Waals surface area contributed by atoms with E-state index in [-0.39, 0.29) is 0 Å². The number of nitrogens with one attached hydrogen (secondary N) is 2. The number of anilines is 1. The largest absolute Gasteiger partial charge is 0.355 e. The van der Waals surface area contributed by atoms with Crippen molar-refractivity contribution < 1.29 is 0 Å². The van der Waals surface area contributed by atoms with Gasteiger partial charge in [-0.15, -0.1) is 0 Å². The number of thioether (sulfide) groups is 1. The van der Waals surface area contributed by atoms with Gasteiger partial charge in [-0.2, -0.15) is 11.8 Å². The van der Waals surface area contributed by atoms with Crippen LogP contribution in [0.2, 0.25) is 0 Å². The Bertz CT molecular complexity index is 564. The van der Waals surface area contributed by atoms with Gasteiger partial charge in [-0.3, -0.25) is 4.99 Å². The summed E-state index contributed by atoms with van der Waals surface area (Å²) in [6.45, 7) is 6.04. The normalized spacial score (nSPS) is 22.2. The molecule has 1 aromatic rings. The van der Waals surface area contributed by atoms with Crippen LogP contribution in [0.25, 0.3) is 0 Å². The zero-order valence-electron chi connectivity index (χ0n) is 15.4. The van der Waals surface area contributed by atoms with Gasteiger partial charge in [0, 0.05) is 57.8 Å². The maximum absolute atomic E-state index is 4.56. The van der Waals surface area contributed by atoms with Crippen molar-refractivity contribution in [1.82, 2.24) is 20.5 Å². The fraction of sp³-hybridized carbons (Fsp3) is 0.667. The van der Waals surface area contributed by atoms with Crippen molar-refractivity contribution in [3.8, 4) is 0 Å². The third-order valence-electron chi connectivity index (χ3n) is 4.84. The van der Waals surface area contributed by atoms with Crippen LogP contribution in [0.1, 0.15) is 18.4 Å². The highest BCUT2D eigenvalue weighted by Crippen LogP contribution is 2.25. The standard InChI is InChI=1S/C18H30N6S/c1-19-18(22-14-16-4-3-11-25-16)21-13-15-5-6-20-17(12-15)24-9-7-23(2)8-10-24/h5-6,12,16H,3-4,7-11,13-14H2,1-2H3,(H2,19,21,22). The molecule has 138 valence electrons. The lowest BCUT2D eigenvalue weighted by Gasteiger charge is -2.33.